The standard InChI is InChI=1S/C33H23BrClN3O6/c1-2-42-26-16-22(28(34)29(35)30(26)43-18-19-11-13-20(14-12-19)33(40)41)17-36-38-31(27-15-21-7-3-6-10-25(21)44-27)37-24-9-5-4-8-23(24)32(38)39/h3-17H,2,18H2,1H3,(H,40,41). The van der Waals surface area contributed by atoms with Crippen molar-refractivity contribution in [2.45, 2.75) is 13.5 Å². The van der Waals surface area contributed by atoms with Crippen molar-refractivity contribution in [3.8, 4) is 23.1 Å². The number of halogens is 2. The Balaban J connectivity index is 1.39. The maximum absolute atomic E-state index is 13.7. The van der Waals surface area contributed by atoms with Gasteiger partial charge in [-0.3, -0.25) is 4.79 Å². The van der Waals surface area contributed by atoms with Crippen molar-refractivity contribution < 1.29 is 23.8 Å². The van der Waals surface area contributed by atoms with E-state index in [1.807, 2.05) is 43.3 Å². The number of benzene rings is 4. The molecular weight excluding hydrogens is 650 g/mol. The summed E-state index contributed by atoms with van der Waals surface area (Å²) in [6, 6.07) is 24.4. The Kier molecular flexibility index (Phi) is 8.19. The normalized spacial score (nSPS) is 11.4. The van der Waals surface area contributed by atoms with Crippen LogP contribution in [-0.2, 0) is 6.61 Å². The van der Waals surface area contributed by atoms with Gasteiger partial charge >= 0.3 is 5.97 Å². The molecule has 9 nitrogen and oxygen atoms in total. The Labute approximate surface area is 264 Å². The summed E-state index contributed by atoms with van der Waals surface area (Å²) < 4.78 is 19.6. The van der Waals surface area contributed by atoms with Crippen LogP contribution < -0.4 is 15.0 Å². The van der Waals surface area contributed by atoms with E-state index in [2.05, 4.69) is 21.0 Å². The average Bonchev–Trinajstić information content (AvgIpc) is 3.47. The molecule has 0 amide bonds. The molecule has 0 fully saturated rings. The van der Waals surface area contributed by atoms with Gasteiger partial charge in [-0.25, -0.2) is 9.78 Å². The molecule has 0 aliphatic rings. The Hall–Kier alpha value is -4.93. The van der Waals surface area contributed by atoms with Crippen LogP contribution in [0.5, 0.6) is 11.5 Å². The molecule has 0 saturated carbocycles. The number of aromatic carboxylic acids is 1. The first kappa shape index (κ1) is 29.2. The molecule has 2 aromatic heterocycles. The minimum absolute atomic E-state index is 0.124. The number of carboxylic acid groups (broad SMARTS) is 1. The van der Waals surface area contributed by atoms with Crippen LogP contribution in [0.2, 0.25) is 5.02 Å². The van der Waals surface area contributed by atoms with Crippen LogP contribution in [0.3, 0.4) is 0 Å². The number of ether oxygens (including phenoxy) is 2. The van der Waals surface area contributed by atoms with E-state index in [9.17, 15) is 9.59 Å². The van der Waals surface area contributed by atoms with Crippen molar-refractivity contribution in [2.24, 2.45) is 5.10 Å². The van der Waals surface area contributed by atoms with Gasteiger partial charge in [0.05, 0.1) is 29.3 Å². The zero-order chi connectivity index (χ0) is 30.8. The number of para-hydroxylation sites is 2. The molecule has 4 aromatic carbocycles. The summed E-state index contributed by atoms with van der Waals surface area (Å²) in [5.41, 5.74) is 2.25. The molecule has 0 atom stereocenters. The number of rotatable bonds is 9. The number of carboxylic acids is 1. The highest BCUT2D eigenvalue weighted by molar-refractivity contribution is 9.10. The lowest BCUT2D eigenvalue weighted by atomic mass is 10.1. The zero-order valence-electron chi connectivity index (χ0n) is 23.2. The molecular formula is C33H23BrClN3O6. The van der Waals surface area contributed by atoms with Gasteiger partial charge in [-0.05, 0) is 70.9 Å². The Morgan fingerprint density at radius 1 is 1.07 bits per heavy atom. The summed E-state index contributed by atoms with van der Waals surface area (Å²) in [5.74, 6) is 0.283. The smallest absolute Gasteiger partial charge is 0.335 e. The highest BCUT2D eigenvalue weighted by Crippen LogP contribution is 2.42. The average molecular weight is 673 g/mol. The third kappa shape index (κ3) is 5.69. The molecule has 0 saturated heterocycles. The SMILES string of the molecule is CCOc1cc(C=Nn2c(-c3cc4ccccc4o3)nc3ccccc3c2=O)c(Br)c(Cl)c1OCc1ccc(C(=O)O)cc1. The quantitative estimate of drug-likeness (QED) is 0.156. The molecule has 0 aliphatic heterocycles. The third-order valence-electron chi connectivity index (χ3n) is 6.75. The second-order valence-corrected chi connectivity index (χ2v) is 10.8. The largest absolute Gasteiger partial charge is 0.490 e. The van der Waals surface area contributed by atoms with Gasteiger partial charge in [0.1, 0.15) is 17.2 Å². The number of furan rings is 1. The van der Waals surface area contributed by atoms with Crippen molar-refractivity contribution in [3.05, 3.63) is 121 Å². The van der Waals surface area contributed by atoms with Crippen LogP contribution in [0.25, 0.3) is 33.5 Å². The van der Waals surface area contributed by atoms with Gasteiger partial charge in [-0.1, -0.05) is 54.1 Å². The summed E-state index contributed by atoms with van der Waals surface area (Å²) >= 11 is 10.3. The van der Waals surface area contributed by atoms with Crippen molar-refractivity contribution in [2.75, 3.05) is 6.61 Å². The molecule has 1 N–H and O–H groups in total. The molecule has 6 aromatic rings. The molecule has 0 unspecified atom stereocenters. The Morgan fingerprint density at radius 2 is 1.82 bits per heavy atom. The molecule has 11 heteroatoms. The molecule has 6 rings (SSSR count). The van der Waals surface area contributed by atoms with Gasteiger partial charge < -0.3 is 19.0 Å². The van der Waals surface area contributed by atoms with Gasteiger partial charge in [0.15, 0.2) is 17.3 Å². The zero-order valence-corrected chi connectivity index (χ0v) is 25.5. The molecule has 0 radical (unpaired) electrons. The monoisotopic (exact) mass is 671 g/mol. The van der Waals surface area contributed by atoms with E-state index in [1.165, 1.54) is 23.0 Å². The lowest BCUT2D eigenvalue weighted by Gasteiger charge is -2.16. The highest BCUT2D eigenvalue weighted by Gasteiger charge is 2.20. The van der Waals surface area contributed by atoms with Crippen LogP contribution in [0, 0.1) is 0 Å². The first-order valence-corrected chi connectivity index (χ1v) is 14.7. The molecule has 0 bridgehead atoms. The first-order chi connectivity index (χ1) is 21.3. The topological polar surface area (TPSA) is 116 Å². The maximum Gasteiger partial charge on any atom is 0.335 e. The summed E-state index contributed by atoms with van der Waals surface area (Å²) in [6.07, 6.45) is 1.48. The van der Waals surface area contributed by atoms with Gasteiger partial charge in [0.2, 0.25) is 5.82 Å². The number of fused-ring (bicyclic) bond motifs is 2. The van der Waals surface area contributed by atoms with Crippen molar-refractivity contribution >= 4 is 61.6 Å². The summed E-state index contributed by atoms with van der Waals surface area (Å²) in [7, 11) is 0. The van der Waals surface area contributed by atoms with Crippen molar-refractivity contribution in [1.82, 2.24) is 9.66 Å². The van der Waals surface area contributed by atoms with Gasteiger partial charge in [-0.2, -0.15) is 9.78 Å². The van der Waals surface area contributed by atoms with Gasteiger partial charge in [0.25, 0.3) is 5.56 Å². The Bertz CT molecular complexity index is 2090. The molecule has 44 heavy (non-hydrogen) atoms. The second kappa shape index (κ2) is 12.4. The number of carbonyl (C=O) groups is 1. The Morgan fingerprint density at radius 3 is 2.57 bits per heavy atom. The molecule has 0 aliphatic carbocycles. The van der Waals surface area contributed by atoms with E-state index in [4.69, 9.17) is 35.6 Å². The maximum atomic E-state index is 13.7. The fourth-order valence-electron chi connectivity index (χ4n) is 4.60. The predicted molar refractivity (Wildman–Crippen MR) is 172 cm³/mol. The van der Waals surface area contributed by atoms with Crippen LogP contribution in [0.4, 0.5) is 0 Å². The minimum atomic E-state index is -1.01. The fraction of sp³-hybridized carbons (Fsp3) is 0.0909. The lowest BCUT2D eigenvalue weighted by molar-refractivity contribution is 0.0697. The van der Waals surface area contributed by atoms with E-state index < -0.39 is 5.97 Å². The summed E-state index contributed by atoms with van der Waals surface area (Å²) in [5, 5.41) is 15.2. The van der Waals surface area contributed by atoms with Gasteiger partial charge in [0, 0.05) is 15.4 Å². The van der Waals surface area contributed by atoms with E-state index in [0.29, 0.717) is 50.4 Å². The number of hydrogen-bond donors (Lipinski definition) is 1. The molecule has 2 heterocycles. The van der Waals surface area contributed by atoms with E-state index >= 15 is 0 Å². The van der Waals surface area contributed by atoms with E-state index in [1.54, 1.807) is 36.4 Å². The molecule has 0 spiro atoms. The van der Waals surface area contributed by atoms with E-state index in [-0.39, 0.29) is 28.6 Å². The van der Waals surface area contributed by atoms with Gasteiger partial charge in [-0.15, -0.1) is 0 Å². The number of hydrogen-bond acceptors (Lipinski definition) is 7. The van der Waals surface area contributed by atoms with Crippen LogP contribution in [0.1, 0.15) is 28.4 Å². The lowest BCUT2D eigenvalue weighted by Crippen LogP contribution is -2.20. The first-order valence-electron chi connectivity index (χ1n) is 13.5. The van der Waals surface area contributed by atoms with Crippen molar-refractivity contribution in [3.63, 3.8) is 0 Å². The number of nitrogens with zero attached hydrogens (tertiary/aromatic N) is 3. The summed E-state index contributed by atoms with van der Waals surface area (Å²) in [6.45, 7) is 2.29. The van der Waals surface area contributed by atoms with Crippen LogP contribution in [0.15, 0.2) is 104 Å². The van der Waals surface area contributed by atoms with Crippen LogP contribution in [-0.4, -0.2) is 33.6 Å². The number of aromatic nitrogens is 2. The third-order valence-corrected chi connectivity index (χ3v) is 8.20. The second-order valence-electron chi connectivity index (χ2n) is 9.61. The van der Waals surface area contributed by atoms with Crippen LogP contribution >= 0.6 is 27.5 Å². The molecule has 220 valence electrons. The minimum Gasteiger partial charge on any atom is -0.490 e. The van der Waals surface area contributed by atoms with E-state index in [0.717, 1.165) is 10.9 Å². The van der Waals surface area contributed by atoms with Crippen molar-refractivity contribution in [1.29, 1.82) is 0 Å². The summed E-state index contributed by atoms with van der Waals surface area (Å²) in [4.78, 5) is 29.6. The highest BCUT2D eigenvalue weighted by atomic mass is 79.9. The predicted octanol–water partition coefficient (Wildman–Crippen LogP) is 7.78. The fourth-order valence-corrected chi connectivity index (χ4v) is 5.25.